The summed E-state index contributed by atoms with van der Waals surface area (Å²) >= 11 is 0. The van der Waals surface area contributed by atoms with Gasteiger partial charge in [0.15, 0.2) is 5.82 Å². The van der Waals surface area contributed by atoms with Crippen molar-refractivity contribution in [2.75, 3.05) is 26.0 Å². The first-order valence-corrected chi connectivity index (χ1v) is 11.5. The average molecular weight is 480 g/mol. The molecule has 1 aromatic heterocycles. The average Bonchev–Trinajstić information content (AvgIpc) is 3.32. The van der Waals surface area contributed by atoms with Crippen LogP contribution in [0.2, 0.25) is 0 Å². The van der Waals surface area contributed by atoms with Crippen LogP contribution < -0.4 is 5.32 Å². The molecule has 1 aliphatic heterocycles. The Kier molecular flexibility index (Phi) is 6.88. The number of ether oxygens (including phenoxy) is 1. The maximum Gasteiger partial charge on any atom is 0.411 e. The highest BCUT2D eigenvalue weighted by molar-refractivity contribution is 6.04. The minimum atomic E-state index is -0.715. The SMILES string of the molecule is CN(C)CC(Cc1ccccc1)OC(=O)N1Cc2c(NC(=O)c3ccc(F)cc3)n[nH]c2C1(C)C. The predicted octanol–water partition coefficient (Wildman–Crippen LogP) is 4.16. The topological polar surface area (TPSA) is 90.6 Å². The van der Waals surface area contributed by atoms with E-state index in [1.54, 1.807) is 4.90 Å². The number of nitrogens with one attached hydrogen (secondary N) is 2. The Balaban J connectivity index is 1.48. The molecule has 0 bridgehead atoms. The molecule has 3 aromatic rings. The first-order valence-electron chi connectivity index (χ1n) is 11.5. The molecule has 184 valence electrons. The standard InChI is InChI=1S/C26H30FN5O3/c1-26(2)22-21(23(30-29-22)28-24(33)18-10-12-19(27)13-11-18)16-32(26)25(34)35-20(15-31(3)4)14-17-8-6-5-7-9-17/h5-13,20H,14-16H2,1-4H3,(H2,28,29,30,33). The Morgan fingerprint density at radius 3 is 2.51 bits per heavy atom. The molecule has 0 saturated carbocycles. The molecule has 0 radical (unpaired) electrons. The normalized spacial score (nSPS) is 15.1. The molecule has 2 amide bonds. The number of anilines is 1. The Bertz CT molecular complexity index is 1190. The molecule has 1 atom stereocenters. The fourth-order valence-electron chi connectivity index (χ4n) is 4.33. The lowest BCUT2D eigenvalue weighted by atomic mass is 10.0. The summed E-state index contributed by atoms with van der Waals surface area (Å²) in [6.45, 7) is 4.63. The number of H-pyrrole nitrogens is 1. The number of fused-ring (bicyclic) bond motifs is 1. The van der Waals surface area contributed by atoms with E-state index in [1.165, 1.54) is 24.3 Å². The molecule has 0 aliphatic carbocycles. The highest BCUT2D eigenvalue weighted by Gasteiger charge is 2.45. The number of aromatic amines is 1. The van der Waals surface area contributed by atoms with Crippen LogP contribution >= 0.6 is 0 Å². The number of rotatable bonds is 7. The summed E-state index contributed by atoms with van der Waals surface area (Å²) in [5, 5.41) is 9.99. The Hall–Kier alpha value is -3.72. The van der Waals surface area contributed by atoms with E-state index in [-0.39, 0.29) is 12.6 Å². The zero-order valence-electron chi connectivity index (χ0n) is 20.3. The van der Waals surface area contributed by atoms with Crippen LogP contribution in [0.1, 0.15) is 41.0 Å². The van der Waals surface area contributed by atoms with Crippen LogP contribution in [-0.2, 0) is 23.2 Å². The van der Waals surface area contributed by atoms with Gasteiger partial charge in [-0.2, -0.15) is 5.10 Å². The highest BCUT2D eigenvalue weighted by atomic mass is 19.1. The summed E-state index contributed by atoms with van der Waals surface area (Å²) in [6.07, 6.45) is -0.159. The van der Waals surface area contributed by atoms with E-state index in [0.717, 1.165) is 16.8 Å². The molecule has 1 aliphatic rings. The molecule has 4 rings (SSSR count). The van der Waals surface area contributed by atoms with Crippen molar-refractivity contribution in [3.05, 3.63) is 82.8 Å². The van der Waals surface area contributed by atoms with Gasteiger partial charge in [0.1, 0.15) is 11.9 Å². The molecule has 0 saturated heterocycles. The van der Waals surface area contributed by atoms with Crippen molar-refractivity contribution in [1.29, 1.82) is 0 Å². The van der Waals surface area contributed by atoms with E-state index < -0.39 is 23.4 Å². The quantitative estimate of drug-likeness (QED) is 0.531. The number of halogens is 1. The maximum absolute atomic E-state index is 13.3. The second kappa shape index (κ2) is 9.87. The number of hydrogen-bond donors (Lipinski definition) is 2. The van der Waals surface area contributed by atoms with Crippen molar-refractivity contribution in [3.63, 3.8) is 0 Å². The van der Waals surface area contributed by atoms with Gasteiger partial charge in [-0.25, -0.2) is 9.18 Å². The van der Waals surface area contributed by atoms with Gasteiger partial charge in [-0.1, -0.05) is 30.3 Å². The summed E-state index contributed by atoms with van der Waals surface area (Å²) in [5.41, 5.74) is 2.14. The number of hydrogen-bond acceptors (Lipinski definition) is 5. The number of carbonyl (C=O) groups is 2. The third kappa shape index (κ3) is 5.35. The van der Waals surface area contributed by atoms with Crippen LogP contribution in [0.3, 0.4) is 0 Å². The lowest BCUT2D eigenvalue weighted by Gasteiger charge is -2.33. The fraction of sp³-hybridized carbons (Fsp3) is 0.346. The lowest BCUT2D eigenvalue weighted by molar-refractivity contribution is 0.0268. The number of amides is 2. The Morgan fingerprint density at radius 1 is 1.17 bits per heavy atom. The minimum absolute atomic E-state index is 0.233. The van der Waals surface area contributed by atoms with Crippen LogP contribution in [0, 0.1) is 5.82 Å². The first-order chi connectivity index (χ1) is 16.6. The molecule has 9 heteroatoms. The fourth-order valence-corrected chi connectivity index (χ4v) is 4.33. The number of benzene rings is 2. The maximum atomic E-state index is 13.3. The van der Waals surface area contributed by atoms with Crippen molar-refractivity contribution in [3.8, 4) is 0 Å². The van der Waals surface area contributed by atoms with Crippen LogP contribution in [0.25, 0.3) is 0 Å². The van der Waals surface area contributed by atoms with Crippen molar-refractivity contribution >= 4 is 17.8 Å². The molecule has 2 aromatic carbocycles. The van der Waals surface area contributed by atoms with Gasteiger partial charge in [-0.3, -0.25) is 14.8 Å². The van der Waals surface area contributed by atoms with Gasteiger partial charge >= 0.3 is 6.09 Å². The third-order valence-corrected chi connectivity index (χ3v) is 6.17. The zero-order valence-corrected chi connectivity index (χ0v) is 20.3. The highest BCUT2D eigenvalue weighted by Crippen LogP contribution is 2.41. The second-order valence-electron chi connectivity index (χ2n) is 9.49. The predicted molar refractivity (Wildman–Crippen MR) is 130 cm³/mol. The summed E-state index contributed by atoms with van der Waals surface area (Å²) < 4.78 is 19.2. The van der Waals surface area contributed by atoms with Gasteiger partial charge in [0, 0.05) is 24.1 Å². The number of carbonyl (C=O) groups excluding carboxylic acids is 2. The van der Waals surface area contributed by atoms with E-state index in [4.69, 9.17) is 4.74 Å². The van der Waals surface area contributed by atoms with E-state index in [1.807, 2.05) is 63.2 Å². The second-order valence-corrected chi connectivity index (χ2v) is 9.49. The van der Waals surface area contributed by atoms with Crippen LogP contribution in [-0.4, -0.2) is 58.7 Å². The van der Waals surface area contributed by atoms with Crippen LogP contribution in [0.5, 0.6) is 0 Å². The van der Waals surface area contributed by atoms with E-state index in [0.29, 0.717) is 24.3 Å². The number of likely N-dealkylation sites (N-methyl/N-ethyl adjacent to an activating group) is 1. The molecule has 2 heterocycles. The Morgan fingerprint density at radius 2 is 1.86 bits per heavy atom. The monoisotopic (exact) mass is 479 g/mol. The molecule has 0 fully saturated rings. The van der Waals surface area contributed by atoms with Gasteiger partial charge in [-0.15, -0.1) is 0 Å². The van der Waals surface area contributed by atoms with E-state index >= 15 is 0 Å². The van der Waals surface area contributed by atoms with Crippen molar-refractivity contribution < 1.29 is 18.7 Å². The number of nitrogens with zero attached hydrogens (tertiary/aromatic N) is 3. The molecular formula is C26H30FN5O3. The molecule has 2 N–H and O–H groups in total. The summed E-state index contributed by atoms with van der Waals surface area (Å²) in [6, 6.07) is 15.2. The van der Waals surface area contributed by atoms with Crippen LogP contribution in [0.4, 0.5) is 15.0 Å². The lowest BCUT2D eigenvalue weighted by Crippen LogP contribution is -2.44. The van der Waals surface area contributed by atoms with Crippen LogP contribution in [0.15, 0.2) is 54.6 Å². The van der Waals surface area contributed by atoms with Gasteiger partial charge in [0.05, 0.1) is 17.8 Å². The summed E-state index contributed by atoms with van der Waals surface area (Å²) in [4.78, 5) is 29.6. The zero-order chi connectivity index (χ0) is 25.2. The first kappa shape index (κ1) is 24.4. The summed E-state index contributed by atoms with van der Waals surface area (Å²) in [5.74, 6) is -0.489. The summed E-state index contributed by atoms with van der Waals surface area (Å²) in [7, 11) is 3.89. The molecule has 8 nitrogen and oxygen atoms in total. The molecule has 0 spiro atoms. The minimum Gasteiger partial charge on any atom is -0.444 e. The number of aromatic nitrogens is 2. The third-order valence-electron chi connectivity index (χ3n) is 6.17. The molecule has 35 heavy (non-hydrogen) atoms. The van der Waals surface area contributed by atoms with E-state index in [9.17, 15) is 14.0 Å². The van der Waals surface area contributed by atoms with Crippen molar-refractivity contribution in [2.45, 2.75) is 38.5 Å². The largest absolute Gasteiger partial charge is 0.444 e. The van der Waals surface area contributed by atoms with Crippen molar-refractivity contribution in [2.24, 2.45) is 0 Å². The smallest absolute Gasteiger partial charge is 0.411 e. The Labute approximate surface area is 204 Å². The van der Waals surface area contributed by atoms with Gasteiger partial charge < -0.3 is 15.0 Å². The van der Waals surface area contributed by atoms with Gasteiger partial charge in [-0.05, 0) is 57.8 Å². The molecule has 1 unspecified atom stereocenters. The molecular weight excluding hydrogens is 449 g/mol. The van der Waals surface area contributed by atoms with Gasteiger partial charge in [0.25, 0.3) is 5.91 Å². The van der Waals surface area contributed by atoms with Gasteiger partial charge in [0.2, 0.25) is 0 Å². The van der Waals surface area contributed by atoms with Crippen molar-refractivity contribution in [1.82, 2.24) is 20.0 Å². The van der Waals surface area contributed by atoms with E-state index in [2.05, 4.69) is 15.5 Å².